The van der Waals surface area contributed by atoms with Gasteiger partial charge in [0, 0.05) is 23.5 Å². The first-order valence-corrected chi connectivity index (χ1v) is 7.97. The number of aryl methyl sites for hydroxylation is 2. The van der Waals surface area contributed by atoms with Crippen molar-refractivity contribution in [3.8, 4) is 0 Å². The van der Waals surface area contributed by atoms with Gasteiger partial charge in [-0.3, -0.25) is 4.98 Å². The Labute approximate surface area is 118 Å². The van der Waals surface area contributed by atoms with Gasteiger partial charge >= 0.3 is 0 Å². The number of fused-ring (bicyclic) bond motifs is 1. The number of benzene rings is 1. The standard InChI is InChI=1S/C16H20N2S/c1-2-18-16(9-15-10-17-11-19-15)14-7-6-12-4-3-5-13(12)8-14/h6-8,10-11,16,18H,2-5,9H2,1H3. The molecule has 0 aliphatic heterocycles. The van der Waals surface area contributed by atoms with E-state index in [9.17, 15) is 0 Å². The minimum Gasteiger partial charge on any atom is -0.310 e. The van der Waals surface area contributed by atoms with Crippen molar-refractivity contribution >= 4 is 11.3 Å². The molecule has 19 heavy (non-hydrogen) atoms. The van der Waals surface area contributed by atoms with Gasteiger partial charge in [0.2, 0.25) is 0 Å². The lowest BCUT2D eigenvalue weighted by Gasteiger charge is -2.18. The summed E-state index contributed by atoms with van der Waals surface area (Å²) in [6.07, 6.45) is 6.86. The average Bonchev–Trinajstić information content (AvgIpc) is 3.08. The summed E-state index contributed by atoms with van der Waals surface area (Å²) in [5, 5.41) is 3.61. The third kappa shape index (κ3) is 2.88. The van der Waals surface area contributed by atoms with Crippen molar-refractivity contribution in [2.45, 2.75) is 38.6 Å². The highest BCUT2D eigenvalue weighted by molar-refractivity contribution is 7.09. The predicted molar refractivity (Wildman–Crippen MR) is 80.7 cm³/mol. The van der Waals surface area contributed by atoms with Gasteiger partial charge in [-0.25, -0.2) is 0 Å². The fourth-order valence-corrected chi connectivity index (χ4v) is 3.55. The van der Waals surface area contributed by atoms with E-state index in [2.05, 4.69) is 35.4 Å². The zero-order chi connectivity index (χ0) is 13.1. The molecule has 1 atom stereocenters. The first-order valence-electron chi connectivity index (χ1n) is 7.09. The Hall–Kier alpha value is -1.19. The second-order valence-electron chi connectivity index (χ2n) is 5.16. The molecular weight excluding hydrogens is 252 g/mol. The zero-order valence-electron chi connectivity index (χ0n) is 11.4. The zero-order valence-corrected chi connectivity index (χ0v) is 12.2. The molecule has 1 aliphatic carbocycles. The Morgan fingerprint density at radius 3 is 3.00 bits per heavy atom. The number of nitrogens with zero attached hydrogens (tertiary/aromatic N) is 1. The highest BCUT2D eigenvalue weighted by Gasteiger charge is 2.16. The van der Waals surface area contributed by atoms with Crippen molar-refractivity contribution < 1.29 is 0 Å². The smallest absolute Gasteiger partial charge is 0.0794 e. The summed E-state index contributed by atoms with van der Waals surface area (Å²) in [7, 11) is 0. The number of nitrogens with one attached hydrogen (secondary N) is 1. The summed E-state index contributed by atoms with van der Waals surface area (Å²) >= 11 is 1.75. The van der Waals surface area contributed by atoms with Gasteiger partial charge in [-0.15, -0.1) is 11.3 Å². The molecule has 3 heteroatoms. The summed E-state index contributed by atoms with van der Waals surface area (Å²) in [5.74, 6) is 0. The molecule has 100 valence electrons. The van der Waals surface area contributed by atoms with Crippen molar-refractivity contribution in [3.63, 3.8) is 0 Å². The third-order valence-corrected chi connectivity index (χ3v) is 4.67. The fourth-order valence-electron chi connectivity index (χ4n) is 2.91. The molecular formula is C16H20N2S. The Bertz CT molecular complexity index is 534. The Morgan fingerprint density at radius 2 is 2.21 bits per heavy atom. The summed E-state index contributed by atoms with van der Waals surface area (Å²) in [4.78, 5) is 5.53. The molecule has 0 fully saturated rings. The minimum absolute atomic E-state index is 0.413. The van der Waals surface area contributed by atoms with E-state index in [1.54, 1.807) is 22.5 Å². The summed E-state index contributed by atoms with van der Waals surface area (Å²) in [5.41, 5.74) is 6.46. The molecule has 0 saturated carbocycles. The Kier molecular flexibility index (Phi) is 3.95. The normalized spacial score (nSPS) is 15.4. The van der Waals surface area contributed by atoms with E-state index in [-0.39, 0.29) is 0 Å². The molecule has 2 aromatic rings. The number of aromatic nitrogens is 1. The predicted octanol–water partition coefficient (Wildman–Crippen LogP) is 3.53. The van der Waals surface area contributed by atoms with Crippen LogP contribution in [0.1, 0.15) is 41.0 Å². The van der Waals surface area contributed by atoms with Crippen LogP contribution in [-0.4, -0.2) is 11.5 Å². The van der Waals surface area contributed by atoms with Crippen LogP contribution < -0.4 is 5.32 Å². The lowest BCUT2D eigenvalue weighted by atomic mass is 9.98. The van der Waals surface area contributed by atoms with E-state index >= 15 is 0 Å². The summed E-state index contributed by atoms with van der Waals surface area (Å²) in [6.45, 7) is 3.17. The van der Waals surface area contributed by atoms with E-state index in [1.165, 1.54) is 29.7 Å². The van der Waals surface area contributed by atoms with Crippen molar-refractivity contribution in [3.05, 3.63) is 51.5 Å². The highest BCUT2D eigenvalue weighted by Crippen LogP contribution is 2.27. The van der Waals surface area contributed by atoms with Crippen molar-refractivity contribution in [1.82, 2.24) is 10.3 Å². The van der Waals surface area contributed by atoms with Crippen LogP contribution in [0.2, 0.25) is 0 Å². The molecule has 0 amide bonds. The van der Waals surface area contributed by atoms with Gasteiger partial charge in [0.05, 0.1) is 5.51 Å². The van der Waals surface area contributed by atoms with Gasteiger partial charge < -0.3 is 5.32 Å². The van der Waals surface area contributed by atoms with Gasteiger partial charge in [0.15, 0.2) is 0 Å². The summed E-state index contributed by atoms with van der Waals surface area (Å²) in [6, 6.07) is 7.46. The van der Waals surface area contributed by atoms with E-state index in [0.29, 0.717) is 6.04 Å². The van der Waals surface area contributed by atoms with Crippen LogP contribution in [0.15, 0.2) is 29.9 Å². The van der Waals surface area contributed by atoms with Crippen LogP contribution in [0.4, 0.5) is 0 Å². The maximum atomic E-state index is 4.18. The molecule has 1 heterocycles. The quantitative estimate of drug-likeness (QED) is 0.900. The van der Waals surface area contributed by atoms with Crippen LogP contribution in [0.5, 0.6) is 0 Å². The van der Waals surface area contributed by atoms with Crippen molar-refractivity contribution in [2.24, 2.45) is 0 Å². The van der Waals surface area contributed by atoms with Crippen molar-refractivity contribution in [2.75, 3.05) is 6.54 Å². The number of hydrogen-bond acceptors (Lipinski definition) is 3. The summed E-state index contributed by atoms with van der Waals surface area (Å²) < 4.78 is 0. The molecule has 1 aromatic carbocycles. The van der Waals surface area contributed by atoms with Crippen LogP contribution >= 0.6 is 11.3 Å². The topological polar surface area (TPSA) is 24.9 Å². The molecule has 0 saturated heterocycles. The second kappa shape index (κ2) is 5.85. The maximum absolute atomic E-state index is 4.18. The van der Waals surface area contributed by atoms with E-state index in [4.69, 9.17) is 0 Å². The van der Waals surface area contributed by atoms with Crippen LogP contribution in [0.25, 0.3) is 0 Å². The molecule has 1 aromatic heterocycles. The van der Waals surface area contributed by atoms with Gasteiger partial charge in [0.1, 0.15) is 0 Å². The van der Waals surface area contributed by atoms with Crippen LogP contribution in [0, 0.1) is 0 Å². The molecule has 1 aliphatic rings. The van der Waals surface area contributed by atoms with E-state index in [1.807, 2.05) is 11.7 Å². The fraction of sp³-hybridized carbons (Fsp3) is 0.438. The Balaban J connectivity index is 1.83. The first-order chi connectivity index (χ1) is 9.36. The lowest BCUT2D eigenvalue weighted by Crippen LogP contribution is -2.22. The molecule has 0 spiro atoms. The number of thiazole rings is 1. The highest BCUT2D eigenvalue weighted by atomic mass is 32.1. The largest absolute Gasteiger partial charge is 0.310 e. The van der Waals surface area contributed by atoms with E-state index in [0.717, 1.165) is 13.0 Å². The SMILES string of the molecule is CCNC(Cc1cncs1)c1ccc2c(c1)CCC2. The van der Waals surface area contributed by atoms with Crippen LogP contribution in [0.3, 0.4) is 0 Å². The van der Waals surface area contributed by atoms with Crippen molar-refractivity contribution in [1.29, 1.82) is 0 Å². The molecule has 3 rings (SSSR count). The monoisotopic (exact) mass is 272 g/mol. The van der Waals surface area contributed by atoms with Gasteiger partial charge in [-0.1, -0.05) is 25.1 Å². The maximum Gasteiger partial charge on any atom is 0.0794 e. The van der Waals surface area contributed by atoms with Gasteiger partial charge in [-0.2, -0.15) is 0 Å². The molecule has 0 radical (unpaired) electrons. The number of rotatable bonds is 5. The first kappa shape index (κ1) is 12.8. The molecule has 1 unspecified atom stereocenters. The molecule has 2 nitrogen and oxygen atoms in total. The van der Waals surface area contributed by atoms with Gasteiger partial charge in [-0.05, 0) is 42.5 Å². The minimum atomic E-state index is 0.413. The van der Waals surface area contributed by atoms with Gasteiger partial charge in [0.25, 0.3) is 0 Å². The lowest BCUT2D eigenvalue weighted by molar-refractivity contribution is 0.552. The Morgan fingerprint density at radius 1 is 1.32 bits per heavy atom. The second-order valence-corrected chi connectivity index (χ2v) is 6.13. The number of likely N-dealkylation sites (N-methyl/N-ethyl adjacent to an activating group) is 1. The average molecular weight is 272 g/mol. The van der Waals surface area contributed by atoms with E-state index < -0.39 is 0 Å². The number of hydrogen-bond donors (Lipinski definition) is 1. The third-order valence-electron chi connectivity index (χ3n) is 3.86. The molecule has 0 bridgehead atoms. The van der Waals surface area contributed by atoms with Crippen LogP contribution in [-0.2, 0) is 19.3 Å². The molecule has 1 N–H and O–H groups in total.